The van der Waals surface area contributed by atoms with Gasteiger partial charge in [-0.2, -0.15) is 0 Å². The highest BCUT2D eigenvalue weighted by atomic mass is 16.5. The molecular formula is C11H20N2O4. The molecule has 0 aliphatic carbocycles. The summed E-state index contributed by atoms with van der Waals surface area (Å²) in [7, 11) is 0. The summed E-state index contributed by atoms with van der Waals surface area (Å²) in [5.41, 5.74) is 4.51. The Balaban J connectivity index is 2.50. The first-order valence-electron chi connectivity index (χ1n) is 5.72. The largest absolute Gasteiger partial charge is 0.481 e. The van der Waals surface area contributed by atoms with Crippen molar-refractivity contribution < 1.29 is 19.4 Å². The van der Waals surface area contributed by atoms with E-state index in [1.54, 1.807) is 6.92 Å². The first kappa shape index (κ1) is 13.9. The highest BCUT2D eigenvalue weighted by Crippen LogP contribution is 2.28. The van der Waals surface area contributed by atoms with Gasteiger partial charge in [0.1, 0.15) is 5.41 Å². The van der Waals surface area contributed by atoms with Crippen LogP contribution < -0.4 is 11.1 Å². The van der Waals surface area contributed by atoms with Gasteiger partial charge in [0.15, 0.2) is 0 Å². The maximum atomic E-state index is 11.6. The molecule has 0 aromatic rings. The molecule has 4 N–H and O–H groups in total. The minimum Gasteiger partial charge on any atom is -0.481 e. The van der Waals surface area contributed by atoms with E-state index in [1.807, 2.05) is 6.92 Å². The first-order valence-corrected chi connectivity index (χ1v) is 5.72. The maximum Gasteiger partial charge on any atom is 0.313 e. The van der Waals surface area contributed by atoms with Crippen LogP contribution in [0.3, 0.4) is 0 Å². The van der Waals surface area contributed by atoms with Gasteiger partial charge in [-0.15, -0.1) is 0 Å². The summed E-state index contributed by atoms with van der Waals surface area (Å²) in [6.45, 7) is 3.78. The van der Waals surface area contributed by atoms with Gasteiger partial charge in [-0.3, -0.25) is 9.59 Å². The molecule has 0 spiro atoms. The number of nitrogens with two attached hydrogens (primary N) is 1. The van der Waals surface area contributed by atoms with Crippen molar-refractivity contribution in [3.8, 4) is 0 Å². The summed E-state index contributed by atoms with van der Waals surface area (Å²) in [5, 5.41) is 11.8. The fourth-order valence-electron chi connectivity index (χ4n) is 1.71. The summed E-state index contributed by atoms with van der Waals surface area (Å²) in [6, 6.07) is -0.507. The summed E-state index contributed by atoms with van der Waals surface area (Å²) >= 11 is 0. The summed E-state index contributed by atoms with van der Waals surface area (Å²) in [6.07, 6.45) is 0.896. The van der Waals surface area contributed by atoms with Gasteiger partial charge in [-0.1, -0.05) is 0 Å². The fraction of sp³-hybridized carbons (Fsp3) is 0.818. The van der Waals surface area contributed by atoms with Crippen LogP contribution in [0.4, 0.5) is 0 Å². The maximum absolute atomic E-state index is 11.6. The average molecular weight is 244 g/mol. The molecule has 3 unspecified atom stereocenters. The van der Waals surface area contributed by atoms with Crippen LogP contribution >= 0.6 is 0 Å². The van der Waals surface area contributed by atoms with Crippen molar-refractivity contribution in [1.29, 1.82) is 0 Å². The Bertz CT molecular complexity index is 306. The van der Waals surface area contributed by atoms with Crippen molar-refractivity contribution in [3.05, 3.63) is 0 Å². The van der Waals surface area contributed by atoms with E-state index >= 15 is 0 Å². The van der Waals surface area contributed by atoms with Crippen molar-refractivity contribution in [3.63, 3.8) is 0 Å². The van der Waals surface area contributed by atoms with Gasteiger partial charge in [-0.05, 0) is 20.3 Å². The Labute approximate surface area is 101 Å². The third kappa shape index (κ3) is 3.41. The van der Waals surface area contributed by atoms with Gasteiger partial charge >= 0.3 is 5.97 Å². The van der Waals surface area contributed by atoms with Crippen LogP contribution in [0.5, 0.6) is 0 Å². The normalized spacial score (nSPS) is 29.9. The first-order chi connectivity index (χ1) is 7.86. The van der Waals surface area contributed by atoms with E-state index in [4.69, 9.17) is 15.6 Å². The minimum absolute atomic E-state index is 0.0357. The van der Waals surface area contributed by atoms with Gasteiger partial charge in [0.2, 0.25) is 5.91 Å². The summed E-state index contributed by atoms with van der Waals surface area (Å²) in [5.74, 6) is -1.13. The monoisotopic (exact) mass is 244 g/mol. The number of carbonyl (C=O) groups excluding carboxylic acids is 1. The average Bonchev–Trinajstić information content (AvgIpc) is 2.59. The zero-order valence-corrected chi connectivity index (χ0v) is 10.2. The number of hydrogen-bond acceptors (Lipinski definition) is 4. The predicted octanol–water partition coefficient (Wildman–Crippen LogP) is -0.280. The number of carbonyl (C=O) groups is 2. The lowest BCUT2D eigenvalue weighted by Gasteiger charge is -2.25. The van der Waals surface area contributed by atoms with Gasteiger partial charge in [0.25, 0.3) is 0 Å². The van der Waals surface area contributed by atoms with Crippen molar-refractivity contribution in [2.75, 3.05) is 13.2 Å². The molecule has 1 aliphatic rings. The molecule has 1 amide bonds. The van der Waals surface area contributed by atoms with E-state index in [1.165, 1.54) is 0 Å². The van der Waals surface area contributed by atoms with Gasteiger partial charge < -0.3 is 20.9 Å². The smallest absolute Gasteiger partial charge is 0.313 e. The molecule has 0 aromatic carbocycles. The van der Waals surface area contributed by atoms with Gasteiger partial charge in [-0.25, -0.2) is 0 Å². The highest BCUT2D eigenvalue weighted by molar-refractivity contribution is 5.80. The quantitative estimate of drug-likeness (QED) is 0.617. The molecule has 98 valence electrons. The van der Waals surface area contributed by atoms with Crippen LogP contribution in [0, 0.1) is 5.41 Å². The molecule has 1 rings (SSSR count). The summed E-state index contributed by atoms with van der Waals surface area (Å²) < 4.78 is 5.14. The van der Waals surface area contributed by atoms with Crippen LogP contribution in [0.1, 0.15) is 26.7 Å². The zero-order chi connectivity index (χ0) is 13.1. The molecule has 1 saturated heterocycles. The lowest BCUT2D eigenvalue weighted by Crippen LogP contribution is -2.49. The molecule has 6 nitrogen and oxygen atoms in total. The number of amides is 1. The number of ether oxygens (including phenoxy) is 1. The van der Waals surface area contributed by atoms with Gasteiger partial charge in [0, 0.05) is 12.5 Å². The van der Waals surface area contributed by atoms with Crippen LogP contribution in [0.2, 0.25) is 0 Å². The highest BCUT2D eigenvalue weighted by Gasteiger charge is 2.47. The van der Waals surface area contributed by atoms with E-state index in [-0.39, 0.29) is 25.2 Å². The van der Waals surface area contributed by atoms with E-state index in [2.05, 4.69) is 5.32 Å². The SMILES string of the molecule is CC(N)CCC(=O)NC1COCC1(C)C(=O)O. The summed E-state index contributed by atoms with van der Waals surface area (Å²) in [4.78, 5) is 22.7. The predicted molar refractivity (Wildman–Crippen MR) is 61.4 cm³/mol. The molecule has 6 heteroatoms. The van der Waals surface area contributed by atoms with E-state index in [0.29, 0.717) is 12.8 Å². The Morgan fingerprint density at radius 3 is 2.82 bits per heavy atom. The van der Waals surface area contributed by atoms with Crippen LogP contribution in [-0.4, -0.2) is 42.3 Å². The van der Waals surface area contributed by atoms with Crippen molar-refractivity contribution >= 4 is 11.9 Å². The van der Waals surface area contributed by atoms with Crippen LogP contribution in [-0.2, 0) is 14.3 Å². The molecular weight excluding hydrogens is 224 g/mol. The van der Waals surface area contributed by atoms with Crippen molar-refractivity contribution in [1.82, 2.24) is 5.32 Å². The van der Waals surface area contributed by atoms with Crippen LogP contribution in [0.25, 0.3) is 0 Å². The number of carboxylic acid groups (broad SMARTS) is 1. The molecule has 0 aromatic heterocycles. The lowest BCUT2D eigenvalue weighted by atomic mass is 9.85. The fourth-order valence-corrected chi connectivity index (χ4v) is 1.71. The molecule has 1 fully saturated rings. The Morgan fingerprint density at radius 2 is 2.29 bits per heavy atom. The third-order valence-electron chi connectivity index (χ3n) is 3.11. The minimum atomic E-state index is -1.04. The Morgan fingerprint density at radius 1 is 1.65 bits per heavy atom. The topological polar surface area (TPSA) is 102 Å². The zero-order valence-electron chi connectivity index (χ0n) is 10.2. The second-order valence-electron chi connectivity index (χ2n) is 4.87. The molecule has 0 saturated carbocycles. The molecule has 1 aliphatic heterocycles. The van der Waals surface area contributed by atoms with E-state index < -0.39 is 17.4 Å². The lowest BCUT2D eigenvalue weighted by molar-refractivity contribution is -0.149. The second kappa shape index (κ2) is 5.46. The number of nitrogens with one attached hydrogen (secondary N) is 1. The molecule has 0 radical (unpaired) electrons. The number of rotatable bonds is 5. The van der Waals surface area contributed by atoms with Gasteiger partial charge in [0.05, 0.1) is 19.3 Å². The molecule has 1 heterocycles. The Kier molecular flexibility index (Phi) is 4.47. The molecule has 17 heavy (non-hydrogen) atoms. The molecule has 0 bridgehead atoms. The van der Waals surface area contributed by atoms with Crippen molar-refractivity contribution in [2.45, 2.75) is 38.8 Å². The number of aliphatic carboxylic acids is 1. The number of carboxylic acids is 1. The number of hydrogen-bond donors (Lipinski definition) is 3. The third-order valence-corrected chi connectivity index (χ3v) is 3.11. The Hall–Kier alpha value is -1.14. The standard InChI is InChI=1S/C11H20N2O4/c1-7(12)3-4-9(14)13-8-5-17-6-11(8,2)10(15)16/h7-8H,3-6,12H2,1-2H3,(H,13,14)(H,15,16). The second-order valence-corrected chi connectivity index (χ2v) is 4.87. The van der Waals surface area contributed by atoms with E-state index in [0.717, 1.165) is 0 Å². The van der Waals surface area contributed by atoms with E-state index in [9.17, 15) is 9.59 Å². The van der Waals surface area contributed by atoms with Crippen LogP contribution in [0.15, 0.2) is 0 Å². The van der Waals surface area contributed by atoms with Crippen molar-refractivity contribution in [2.24, 2.45) is 11.1 Å². The molecule has 3 atom stereocenters.